The number of anilines is 1. The molecule has 2 aromatic rings. The Morgan fingerprint density at radius 2 is 1.65 bits per heavy atom. The summed E-state index contributed by atoms with van der Waals surface area (Å²) >= 11 is 0. The molecule has 6 heteroatoms. The van der Waals surface area contributed by atoms with Gasteiger partial charge in [-0.05, 0) is 43.3 Å². The molecule has 0 aliphatic rings. The molecular formula is C17H20N2O4. The molecule has 0 aliphatic carbocycles. The number of para-hydroxylation sites is 2. The van der Waals surface area contributed by atoms with Gasteiger partial charge in [0.25, 0.3) is 0 Å². The Bertz CT molecular complexity index is 629. The number of methoxy groups -OCH3 is 1. The minimum atomic E-state index is -0.357. The Kier molecular flexibility index (Phi) is 6.11. The number of rotatable bonds is 7. The van der Waals surface area contributed by atoms with E-state index in [1.807, 2.05) is 25.1 Å². The molecule has 0 aliphatic heterocycles. The summed E-state index contributed by atoms with van der Waals surface area (Å²) in [6.07, 6.45) is 0. The summed E-state index contributed by atoms with van der Waals surface area (Å²) in [5.74, 6) is 1.96. The fraction of sp³-hybridized carbons (Fsp3) is 0.235. The van der Waals surface area contributed by atoms with Crippen molar-refractivity contribution in [1.29, 1.82) is 0 Å². The zero-order valence-electron chi connectivity index (χ0n) is 13.2. The lowest BCUT2D eigenvalue weighted by Crippen LogP contribution is -2.32. The van der Waals surface area contributed by atoms with Crippen LogP contribution in [-0.4, -0.2) is 26.5 Å². The maximum absolute atomic E-state index is 11.8. The van der Waals surface area contributed by atoms with E-state index in [1.54, 1.807) is 37.4 Å². The van der Waals surface area contributed by atoms with Gasteiger partial charge in [-0.25, -0.2) is 4.79 Å². The topological polar surface area (TPSA) is 68.8 Å². The van der Waals surface area contributed by atoms with Crippen LogP contribution in [0.2, 0.25) is 0 Å². The summed E-state index contributed by atoms with van der Waals surface area (Å²) in [5.41, 5.74) is 0.665. The number of urea groups is 1. The second kappa shape index (κ2) is 8.53. The lowest BCUT2D eigenvalue weighted by atomic mass is 10.3. The Morgan fingerprint density at radius 1 is 1.00 bits per heavy atom. The number of carbonyl (C=O) groups excluding carboxylic acids is 1. The third kappa shape index (κ3) is 5.10. The molecular weight excluding hydrogens is 296 g/mol. The molecule has 0 bridgehead atoms. The largest absolute Gasteiger partial charge is 0.497 e. The van der Waals surface area contributed by atoms with E-state index in [0.29, 0.717) is 23.8 Å². The Balaban J connectivity index is 1.80. The molecule has 2 aromatic carbocycles. The van der Waals surface area contributed by atoms with Crippen LogP contribution in [0, 0.1) is 0 Å². The van der Waals surface area contributed by atoms with Crippen LogP contribution in [0.15, 0.2) is 48.5 Å². The van der Waals surface area contributed by atoms with Gasteiger partial charge in [-0.2, -0.15) is 0 Å². The summed E-state index contributed by atoms with van der Waals surface area (Å²) in [4.78, 5) is 11.8. The van der Waals surface area contributed by atoms with E-state index in [-0.39, 0.29) is 12.8 Å². The van der Waals surface area contributed by atoms with Crippen LogP contribution >= 0.6 is 0 Å². The summed E-state index contributed by atoms with van der Waals surface area (Å²) in [7, 11) is 1.59. The van der Waals surface area contributed by atoms with Crippen LogP contribution in [0.4, 0.5) is 10.5 Å². The van der Waals surface area contributed by atoms with Gasteiger partial charge in [-0.3, -0.25) is 0 Å². The summed E-state index contributed by atoms with van der Waals surface area (Å²) in [6.45, 7) is 2.48. The van der Waals surface area contributed by atoms with Gasteiger partial charge in [-0.15, -0.1) is 0 Å². The van der Waals surface area contributed by atoms with Crippen LogP contribution in [0.3, 0.4) is 0 Å². The Morgan fingerprint density at radius 3 is 2.26 bits per heavy atom. The third-order valence-electron chi connectivity index (χ3n) is 2.96. The molecule has 0 saturated heterocycles. The highest BCUT2D eigenvalue weighted by atomic mass is 16.5. The number of hydrogen-bond donors (Lipinski definition) is 2. The van der Waals surface area contributed by atoms with E-state index in [1.165, 1.54) is 0 Å². The molecule has 0 unspecified atom stereocenters. The van der Waals surface area contributed by atoms with Gasteiger partial charge in [0, 0.05) is 5.69 Å². The fourth-order valence-corrected chi connectivity index (χ4v) is 1.87. The smallest absolute Gasteiger partial charge is 0.321 e. The maximum Gasteiger partial charge on any atom is 0.321 e. The quantitative estimate of drug-likeness (QED) is 0.769. The number of hydrogen-bond acceptors (Lipinski definition) is 4. The van der Waals surface area contributed by atoms with E-state index in [4.69, 9.17) is 14.2 Å². The molecule has 0 spiro atoms. The molecule has 2 rings (SSSR count). The predicted molar refractivity (Wildman–Crippen MR) is 88.3 cm³/mol. The van der Waals surface area contributed by atoms with Crippen LogP contribution in [0.1, 0.15) is 6.92 Å². The highest BCUT2D eigenvalue weighted by Gasteiger charge is 2.05. The molecule has 23 heavy (non-hydrogen) atoms. The maximum atomic E-state index is 11.8. The third-order valence-corrected chi connectivity index (χ3v) is 2.96. The number of carbonyl (C=O) groups is 1. The van der Waals surface area contributed by atoms with Crippen molar-refractivity contribution in [3.63, 3.8) is 0 Å². The van der Waals surface area contributed by atoms with E-state index >= 15 is 0 Å². The lowest BCUT2D eigenvalue weighted by Gasteiger charge is -2.12. The molecule has 0 saturated carbocycles. The van der Waals surface area contributed by atoms with Crippen molar-refractivity contribution >= 4 is 11.7 Å². The van der Waals surface area contributed by atoms with Crippen molar-refractivity contribution in [1.82, 2.24) is 5.32 Å². The van der Waals surface area contributed by atoms with Crippen molar-refractivity contribution < 1.29 is 19.0 Å². The molecule has 6 nitrogen and oxygen atoms in total. The predicted octanol–water partition coefficient (Wildman–Crippen LogP) is 3.25. The highest BCUT2D eigenvalue weighted by molar-refractivity contribution is 5.89. The van der Waals surface area contributed by atoms with E-state index in [2.05, 4.69) is 10.6 Å². The second-order valence-electron chi connectivity index (χ2n) is 4.53. The first-order chi connectivity index (χ1) is 11.2. The zero-order valence-corrected chi connectivity index (χ0v) is 13.2. The van der Waals surface area contributed by atoms with Gasteiger partial charge >= 0.3 is 6.03 Å². The molecule has 2 N–H and O–H groups in total. The second-order valence-corrected chi connectivity index (χ2v) is 4.53. The minimum absolute atomic E-state index is 0.0338. The molecule has 0 atom stereocenters. The molecule has 0 aromatic heterocycles. The molecule has 0 fully saturated rings. The van der Waals surface area contributed by atoms with Crippen LogP contribution in [0.25, 0.3) is 0 Å². The van der Waals surface area contributed by atoms with Crippen molar-refractivity contribution in [3.05, 3.63) is 48.5 Å². The van der Waals surface area contributed by atoms with Gasteiger partial charge in [-0.1, -0.05) is 12.1 Å². The van der Waals surface area contributed by atoms with Gasteiger partial charge in [0.2, 0.25) is 0 Å². The summed E-state index contributed by atoms with van der Waals surface area (Å²) in [6, 6.07) is 14.0. The Labute approximate surface area is 135 Å². The van der Waals surface area contributed by atoms with E-state index in [9.17, 15) is 4.79 Å². The van der Waals surface area contributed by atoms with Crippen LogP contribution in [-0.2, 0) is 0 Å². The van der Waals surface area contributed by atoms with Gasteiger partial charge in [0.15, 0.2) is 18.2 Å². The molecule has 0 heterocycles. The van der Waals surface area contributed by atoms with Crippen LogP contribution in [0.5, 0.6) is 17.2 Å². The first-order valence-electron chi connectivity index (χ1n) is 7.26. The van der Waals surface area contributed by atoms with Gasteiger partial charge in [0.1, 0.15) is 5.75 Å². The lowest BCUT2D eigenvalue weighted by molar-refractivity contribution is 0.229. The number of nitrogens with one attached hydrogen (secondary N) is 2. The standard InChI is InChI=1S/C17H20N2O4/c1-3-22-15-6-4-5-7-16(15)23-12-18-17(20)19-13-8-10-14(21-2)11-9-13/h4-11H,3,12H2,1-2H3,(H2,18,19,20). The summed E-state index contributed by atoms with van der Waals surface area (Å²) in [5, 5.41) is 5.32. The van der Waals surface area contributed by atoms with E-state index in [0.717, 1.165) is 5.75 Å². The fourth-order valence-electron chi connectivity index (χ4n) is 1.87. The summed E-state index contributed by atoms with van der Waals surface area (Å²) < 4.78 is 16.0. The number of amides is 2. The van der Waals surface area contributed by atoms with Crippen molar-refractivity contribution in [2.24, 2.45) is 0 Å². The first-order valence-corrected chi connectivity index (χ1v) is 7.26. The Hall–Kier alpha value is -2.89. The normalized spacial score (nSPS) is 9.83. The molecule has 122 valence electrons. The molecule has 0 radical (unpaired) electrons. The van der Waals surface area contributed by atoms with E-state index < -0.39 is 0 Å². The zero-order chi connectivity index (χ0) is 16.5. The van der Waals surface area contributed by atoms with Crippen LogP contribution < -0.4 is 24.8 Å². The first kappa shape index (κ1) is 16.5. The number of benzene rings is 2. The SMILES string of the molecule is CCOc1ccccc1OCNC(=O)Nc1ccc(OC)cc1. The minimum Gasteiger partial charge on any atom is -0.497 e. The van der Waals surface area contributed by atoms with Crippen molar-refractivity contribution in [3.8, 4) is 17.2 Å². The van der Waals surface area contributed by atoms with Gasteiger partial charge < -0.3 is 24.8 Å². The van der Waals surface area contributed by atoms with Crippen molar-refractivity contribution in [2.75, 3.05) is 25.8 Å². The average Bonchev–Trinajstić information content (AvgIpc) is 2.57. The molecule has 2 amide bonds. The van der Waals surface area contributed by atoms with Crippen molar-refractivity contribution in [2.45, 2.75) is 6.92 Å². The monoisotopic (exact) mass is 316 g/mol. The van der Waals surface area contributed by atoms with Gasteiger partial charge in [0.05, 0.1) is 13.7 Å². The number of ether oxygens (including phenoxy) is 3. The highest BCUT2D eigenvalue weighted by Crippen LogP contribution is 2.25. The average molecular weight is 316 g/mol.